The number of aryl methyl sites for hydroxylation is 1. The molecule has 2 atom stereocenters. The predicted octanol–water partition coefficient (Wildman–Crippen LogP) is 6.73. The number of ether oxygens (including phenoxy) is 5. The number of hydrogen-bond acceptors (Lipinski definition) is 10. The van der Waals surface area contributed by atoms with Crippen molar-refractivity contribution in [3.63, 3.8) is 0 Å². The van der Waals surface area contributed by atoms with E-state index in [0.717, 1.165) is 52.1 Å². The smallest absolute Gasteiger partial charge is 0.305 e. The van der Waals surface area contributed by atoms with Gasteiger partial charge in [0, 0.05) is 31.2 Å². The number of aliphatic carboxylic acids is 1. The molecule has 0 unspecified atom stereocenters. The van der Waals surface area contributed by atoms with Crippen molar-refractivity contribution in [1.82, 2.24) is 15.6 Å². The van der Waals surface area contributed by atoms with Crippen LogP contribution in [0, 0.1) is 12.8 Å². The minimum absolute atomic E-state index is 0.218. The maximum Gasteiger partial charge on any atom is 0.305 e. The molecule has 0 aliphatic heterocycles. The van der Waals surface area contributed by atoms with Crippen LogP contribution >= 0.6 is 0 Å². The first-order chi connectivity index (χ1) is 28.1. The monoisotopic (exact) mass is 800 g/mol. The van der Waals surface area contributed by atoms with Crippen LogP contribution in [0.5, 0.6) is 5.75 Å². The molecule has 1 aromatic heterocycles. The molecule has 0 aliphatic carbocycles. The number of carboxylic acid groups (broad SMARTS) is 1. The number of pyridine rings is 1. The number of nitrogens with zero attached hydrogens (tertiary/aromatic N) is 1. The standard InChI is InChI=1S/C45H60N4O9/c1-32(2)18-21-54-22-23-55-24-25-56-26-27-57-28-29-58-41-16-15-37(38-8-5-6-9-39(38)41)35-11-13-36(14-12-35)40(31-44(51)52)49-45(53)34(4)48-43(50)10-7-19-46-42-30-33(3)17-20-47-42/h5-6,8-9,11-17,20,30,32,34,40H,7,10,18-19,21-29,31H2,1-4H3,(H,46,47)(H,48,50)(H,49,53)(H,51,52)/t34-,40-/m0/s1. The number of carbonyl (C=O) groups is 3. The summed E-state index contributed by atoms with van der Waals surface area (Å²) in [5.74, 6) is 0.317. The van der Waals surface area contributed by atoms with Gasteiger partial charge in [0.05, 0.1) is 58.7 Å². The van der Waals surface area contributed by atoms with Gasteiger partial charge in [0.15, 0.2) is 0 Å². The summed E-state index contributed by atoms with van der Waals surface area (Å²) in [5, 5.41) is 20.3. The molecule has 0 spiro atoms. The number of amides is 2. The average Bonchev–Trinajstić information content (AvgIpc) is 3.20. The number of fused-ring (bicyclic) bond motifs is 1. The molecular weight excluding hydrogens is 741 g/mol. The van der Waals surface area contributed by atoms with Crippen LogP contribution in [0.1, 0.15) is 63.6 Å². The Morgan fingerprint density at radius 2 is 1.38 bits per heavy atom. The molecule has 314 valence electrons. The van der Waals surface area contributed by atoms with Gasteiger partial charge >= 0.3 is 5.97 Å². The number of aromatic nitrogens is 1. The first kappa shape index (κ1) is 45.6. The Morgan fingerprint density at radius 1 is 0.741 bits per heavy atom. The van der Waals surface area contributed by atoms with E-state index < -0.39 is 24.0 Å². The van der Waals surface area contributed by atoms with Gasteiger partial charge < -0.3 is 44.7 Å². The number of carboxylic acids is 1. The molecule has 0 saturated carbocycles. The Bertz CT molecular complexity index is 1850. The fourth-order valence-electron chi connectivity index (χ4n) is 6.04. The zero-order chi connectivity index (χ0) is 41.5. The average molecular weight is 801 g/mol. The van der Waals surface area contributed by atoms with Crippen molar-refractivity contribution in [2.24, 2.45) is 5.92 Å². The van der Waals surface area contributed by atoms with E-state index in [4.69, 9.17) is 23.7 Å². The molecule has 0 fully saturated rings. The summed E-state index contributed by atoms with van der Waals surface area (Å²) < 4.78 is 28.4. The summed E-state index contributed by atoms with van der Waals surface area (Å²) in [4.78, 5) is 41.7. The molecule has 3 aromatic carbocycles. The number of carbonyl (C=O) groups excluding carboxylic acids is 2. The number of hydrogen-bond donors (Lipinski definition) is 4. The molecule has 13 nitrogen and oxygen atoms in total. The Morgan fingerprint density at radius 3 is 2.02 bits per heavy atom. The molecule has 0 radical (unpaired) electrons. The topological polar surface area (TPSA) is 167 Å². The molecule has 2 amide bonds. The second-order valence-electron chi connectivity index (χ2n) is 14.5. The van der Waals surface area contributed by atoms with Gasteiger partial charge in [-0.15, -0.1) is 0 Å². The van der Waals surface area contributed by atoms with E-state index in [0.29, 0.717) is 77.3 Å². The fourth-order valence-corrected chi connectivity index (χ4v) is 6.04. The number of benzene rings is 3. The zero-order valence-electron chi connectivity index (χ0n) is 34.3. The molecule has 13 heteroatoms. The van der Waals surface area contributed by atoms with Crippen molar-refractivity contribution in [2.45, 2.75) is 65.5 Å². The van der Waals surface area contributed by atoms with Crippen LogP contribution in [0.2, 0.25) is 0 Å². The van der Waals surface area contributed by atoms with E-state index in [2.05, 4.69) is 34.8 Å². The van der Waals surface area contributed by atoms with Crippen LogP contribution in [0.3, 0.4) is 0 Å². The minimum Gasteiger partial charge on any atom is -0.491 e. The van der Waals surface area contributed by atoms with Crippen molar-refractivity contribution >= 4 is 34.4 Å². The van der Waals surface area contributed by atoms with Gasteiger partial charge in [0.2, 0.25) is 11.8 Å². The first-order valence-electron chi connectivity index (χ1n) is 20.1. The van der Waals surface area contributed by atoms with Crippen LogP contribution < -0.4 is 20.7 Å². The lowest BCUT2D eigenvalue weighted by molar-refractivity contribution is -0.138. The molecule has 4 rings (SSSR count). The maximum absolute atomic E-state index is 13.1. The van der Waals surface area contributed by atoms with Gasteiger partial charge in [-0.05, 0) is 78.4 Å². The first-order valence-corrected chi connectivity index (χ1v) is 20.1. The summed E-state index contributed by atoms with van der Waals surface area (Å²) in [7, 11) is 0. The highest BCUT2D eigenvalue weighted by atomic mass is 16.6. The van der Waals surface area contributed by atoms with Crippen molar-refractivity contribution in [1.29, 1.82) is 0 Å². The highest BCUT2D eigenvalue weighted by molar-refractivity contribution is 6.00. The highest BCUT2D eigenvalue weighted by Crippen LogP contribution is 2.35. The lowest BCUT2D eigenvalue weighted by atomic mass is 9.95. The van der Waals surface area contributed by atoms with Gasteiger partial charge in [-0.25, -0.2) is 4.98 Å². The van der Waals surface area contributed by atoms with Crippen LogP contribution in [-0.2, 0) is 33.3 Å². The molecule has 0 bridgehead atoms. The maximum atomic E-state index is 13.1. The van der Waals surface area contributed by atoms with Gasteiger partial charge in [-0.3, -0.25) is 14.4 Å². The van der Waals surface area contributed by atoms with E-state index in [1.54, 1.807) is 13.1 Å². The second kappa shape index (κ2) is 25.3. The van der Waals surface area contributed by atoms with Crippen LogP contribution in [0.4, 0.5) is 5.82 Å². The number of anilines is 1. The Kier molecular flexibility index (Phi) is 19.9. The van der Waals surface area contributed by atoms with E-state index in [9.17, 15) is 19.5 Å². The Balaban J connectivity index is 1.21. The zero-order valence-corrected chi connectivity index (χ0v) is 34.3. The second-order valence-corrected chi connectivity index (χ2v) is 14.5. The Labute approximate surface area is 342 Å². The predicted molar refractivity (Wildman–Crippen MR) is 225 cm³/mol. The third-order valence-corrected chi connectivity index (χ3v) is 9.22. The highest BCUT2D eigenvalue weighted by Gasteiger charge is 2.23. The lowest BCUT2D eigenvalue weighted by Crippen LogP contribution is -2.46. The van der Waals surface area contributed by atoms with E-state index in [1.807, 2.05) is 79.7 Å². The van der Waals surface area contributed by atoms with Crippen LogP contribution in [0.25, 0.3) is 21.9 Å². The number of nitrogens with one attached hydrogen (secondary N) is 3. The molecule has 4 aromatic rings. The molecule has 0 aliphatic rings. The summed E-state index contributed by atoms with van der Waals surface area (Å²) in [5.41, 5.74) is 3.62. The summed E-state index contributed by atoms with van der Waals surface area (Å²) >= 11 is 0. The summed E-state index contributed by atoms with van der Waals surface area (Å²) in [6.45, 7) is 13.1. The van der Waals surface area contributed by atoms with Gasteiger partial charge in [-0.2, -0.15) is 0 Å². The van der Waals surface area contributed by atoms with Crippen LogP contribution in [-0.4, -0.2) is 99.9 Å². The van der Waals surface area contributed by atoms with Crippen molar-refractivity contribution in [3.8, 4) is 16.9 Å². The minimum atomic E-state index is -1.06. The lowest BCUT2D eigenvalue weighted by Gasteiger charge is -2.21. The quantitative estimate of drug-likeness (QED) is 0.0450. The molecule has 1 heterocycles. The normalized spacial score (nSPS) is 12.3. The Hall–Kier alpha value is -5.08. The van der Waals surface area contributed by atoms with Crippen molar-refractivity contribution in [2.75, 3.05) is 71.3 Å². The third kappa shape index (κ3) is 16.4. The molecular formula is C45H60N4O9. The fraction of sp³-hybridized carbons (Fsp3) is 0.467. The van der Waals surface area contributed by atoms with Crippen molar-refractivity contribution in [3.05, 3.63) is 90.1 Å². The van der Waals surface area contributed by atoms with E-state index in [1.165, 1.54) is 0 Å². The third-order valence-electron chi connectivity index (χ3n) is 9.22. The summed E-state index contributed by atoms with van der Waals surface area (Å²) in [6.07, 6.45) is 3.22. The summed E-state index contributed by atoms with van der Waals surface area (Å²) in [6, 6.07) is 21.6. The van der Waals surface area contributed by atoms with E-state index in [-0.39, 0.29) is 18.7 Å². The molecule has 58 heavy (non-hydrogen) atoms. The number of rotatable bonds is 28. The van der Waals surface area contributed by atoms with Crippen LogP contribution in [0.15, 0.2) is 79.0 Å². The molecule has 4 N–H and O–H groups in total. The SMILES string of the molecule is Cc1ccnc(NCCCC(=O)N[C@@H](C)C(=O)N[C@@H](CC(=O)O)c2ccc(-c3ccc(OCCOCCOCCOCCOCCC(C)C)c4ccccc34)cc2)c1. The van der Waals surface area contributed by atoms with Gasteiger partial charge in [-0.1, -0.05) is 68.4 Å². The molecule has 0 saturated heterocycles. The van der Waals surface area contributed by atoms with E-state index >= 15 is 0 Å². The van der Waals surface area contributed by atoms with Crippen molar-refractivity contribution < 1.29 is 43.2 Å². The largest absolute Gasteiger partial charge is 0.491 e. The van der Waals surface area contributed by atoms with Gasteiger partial charge in [0.25, 0.3) is 0 Å². The van der Waals surface area contributed by atoms with Gasteiger partial charge in [0.1, 0.15) is 24.2 Å².